The molecule has 1 aliphatic carbocycles. The third-order valence-corrected chi connectivity index (χ3v) is 4.34. The van der Waals surface area contributed by atoms with Crippen LogP contribution in [-0.2, 0) is 6.54 Å². The molecule has 0 spiro atoms. The Morgan fingerprint density at radius 3 is 2.65 bits per heavy atom. The van der Waals surface area contributed by atoms with Crippen LogP contribution >= 0.6 is 0 Å². The molecule has 0 radical (unpaired) electrons. The quantitative estimate of drug-likeness (QED) is 0.832. The summed E-state index contributed by atoms with van der Waals surface area (Å²) in [6.07, 6.45) is 4.10. The summed E-state index contributed by atoms with van der Waals surface area (Å²) in [5.41, 5.74) is 1.50. The van der Waals surface area contributed by atoms with Gasteiger partial charge in [0.15, 0.2) is 0 Å². The van der Waals surface area contributed by atoms with E-state index in [-0.39, 0.29) is 0 Å². The lowest BCUT2D eigenvalue weighted by molar-refractivity contribution is 0.0697. The lowest BCUT2D eigenvalue weighted by atomic mass is 10.1. The van der Waals surface area contributed by atoms with Crippen molar-refractivity contribution >= 4 is 5.97 Å². The van der Waals surface area contributed by atoms with Crippen LogP contribution in [0.4, 0.5) is 0 Å². The predicted octanol–water partition coefficient (Wildman–Crippen LogP) is 1.96. The van der Waals surface area contributed by atoms with Crippen molar-refractivity contribution < 1.29 is 9.90 Å². The first-order valence-electron chi connectivity index (χ1n) is 7.49. The number of likely N-dealkylation sites (tertiary alicyclic amines) is 1. The van der Waals surface area contributed by atoms with Crippen LogP contribution < -0.4 is 5.32 Å². The highest BCUT2D eigenvalue weighted by Crippen LogP contribution is 2.31. The normalized spacial score (nSPS) is 23.1. The number of nitrogens with zero attached hydrogens (tertiary/aromatic N) is 1. The van der Waals surface area contributed by atoms with Crippen molar-refractivity contribution in [2.45, 2.75) is 31.8 Å². The van der Waals surface area contributed by atoms with E-state index in [1.165, 1.54) is 32.4 Å². The van der Waals surface area contributed by atoms with E-state index in [1.54, 1.807) is 12.1 Å². The molecule has 1 aliphatic heterocycles. The van der Waals surface area contributed by atoms with Gasteiger partial charge in [-0.3, -0.25) is 0 Å². The van der Waals surface area contributed by atoms with Gasteiger partial charge in [-0.15, -0.1) is 0 Å². The molecule has 2 aliphatic rings. The second kappa shape index (κ2) is 5.94. The van der Waals surface area contributed by atoms with Crippen molar-refractivity contribution in [2.24, 2.45) is 5.92 Å². The first-order chi connectivity index (χ1) is 9.72. The molecule has 1 aromatic carbocycles. The van der Waals surface area contributed by atoms with Gasteiger partial charge in [0.2, 0.25) is 0 Å². The summed E-state index contributed by atoms with van der Waals surface area (Å²) in [7, 11) is 0. The second-order valence-electron chi connectivity index (χ2n) is 6.01. The van der Waals surface area contributed by atoms with Crippen molar-refractivity contribution in [1.82, 2.24) is 10.2 Å². The Morgan fingerprint density at radius 2 is 2.00 bits per heavy atom. The minimum absolute atomic E-state index is 0.351. The average Bonchev–Trinajstić information content (AvgIpc) is 3.20. The molecule has 0 aromatic heterocycles. The summed E-state index contributed by atoms with van der Waals surface area (Å²) in [6, 6.07) is 8.01. The van der Waals surface area contributed by atoms with Gasteiger partial charge in [0, 0.05) is 19.1 Å². The van der Waals surface area contributed by atoms with Gasteiger partial charge in [-0.25, -0.2) is 4.79 Å². The third-order valence-electron chi connectivity index (χ3n) is 4.34. The van der Waals surface area contributed by atoms with Gasteiger partial charge in [-0.05, 0) is 56.0 Å². The summed E-state index contributed by atoms with van der Waals surface area (Å²) < 4.78 is 0. The van der Waals surface area contributed by atoms with Crippen molar-refractivity contribution in [2.75, 3.05) is 19.6 Å². The van der Waals surface area contributed by atoms with Crippen LogP contribution in [0.5, 0.6) is 0 Å². The van der Waals surface area contributed by atoms with Gasteiger partial charge < -0.3 is 15.3 Å². The van der Waals surface area contributed by atoms with Crippen LogP contribution in [0.2, 0.25) is 0 Å². The Hall–Kier alpha value is -1.39. The van der Waals surface area contributed by atoms with Gasteiger partial charge in [0.05, 0.1) is 5.56 Å². The maximum absolute atomic E-state index is 10.8. The van der Waals surface area contributed by atoms with E-state index in [1.807, 2.05) is 12.1 Å². The first-order valence-corrected chi connectivity index (χ1v) is 7.49. The standard InChI is InChI=1S/C16H22N2O2/c19-16(20)14-3-1-12(2-4-14)9-17-10-13-7-8-18(11-13)15-5-6-15/h1-4,13,15,17H,5-11H2,(H,19,20). The molecule has 20 heavy (non-hydrogen) atoms. The SMILES string of the molecule is O=C(O)c1ccc(CNCC2CCN(C3CC3)C2)cc1. The smallest absolute Gasteiger partial charge is 0.335 e. The highest BCUT2D eigenvalue weighted by Gasteiger charge is 2.33. The van der Waals surface area contributed by atoms with Gasteiger partial charge in [-0.2, -0.15) is 0 Å². The monoisotopic (exact) mass is 274 g/mol. The van der Waals surface area contributed by atoms with E-state index >= 15 is 0 Å². The van der Waals surface area contributed by atoms with Crippen molar-refractivity contribution in [3.05, 3.63) is 35.4 Å². The molecule has 0 amide bonds. The largest absolute Gasteiger partial charge is 0.478 e. The lowest BCUT2D eigenvalue weighted by Gasteiger charge is -2.15. The summed E-state index contributed by atoms with van der Waals surface area (Å²) >= 11 is 0. The minimum Gasteiger partial charge on any atom is -0.478 e. The van der Waals surface area contributed by atoms with E-state index in [0.29, 0.717) is 5.56 Å². The fourth-order valence-electron chi connectivity index (χ4n) is 2.99. The van der Waals surface area contributed by atoms with E-state index in [4.69, 9.17) is 5.11 Å². The Balaban J connectivity index is 1.40. The molecular weight excluding hydrogens is 252 g/mol. The van der Waals surface area contributed by atoms with Crippen molar-refractivity contribution in [3.63, 3.8) is 0 Å². The third kappa shape index (κ3) is 3.38. The van der Waals surface area contributed by atoms with Crippen LogP contribution in [0.25, 0.3) is 0 Å². The molecule has 3 rings (SSSR count). The molecule has 1 heterocycles. The maximum atomic E-state index is 10.8. The van der Waals surface area contributed by atoms with Crippen molar-refractivity contribution in [1.29, 1.82) is 0 Å². The Morgan fingerprint density at radius 1 is 1.25 bits per heavy atom. The van der Waals surface area contributed by atoms with E-state index in [9.17, 15) is 4.79 Å². The summed E-state index contributed by atoms with van der Waals surface area (Å²) in [6.45, 7) is 4.39. The molecule has 1 saturated heterocycles. The number of carbonyl (C=O) groups is 1. The molecule has 108 valence electrons. The van der Waals surface area contributed by atoms with E-state index in [2.05, 4.69) is 10.2 Å². The van der Waals surface area contributed by atoms with Crippen LogP contribution in [-0.4, -0.2) is 41.7 Å². The van der Waals surface area contributed by atoms with E-state index in [0.717, 1.165) is 30.6 Å². The number of carboxylic acids is 1. The molecule has 1 atom stereocenters. The maximum Gasteiger partial charge on any atom is 0.335 e. The lowest BCUT2D eigenvalue weighted by Crippen LogP contribution is -2.27. The molecule has 2 N–H and O–H groups in total. The fourth-order valence-corrected chi connectivity index (χ4v) is 2.99. The molecule has 2 fully saturated rings. The fraction of sp³-hybridized carbons (Fsp3) is 0.562. The summed E-state index contributed by atoms with van der Waals surface area (Å²) in [5.74, 6) is -0.0930. The van der Waals surface area contributed by atoms with Gasteiger partial charge >= 0.3 is 5.97 Å². The number of carboxylic acid groups (broad SMARTS) is 1. The topological polar surface area (TPSA) is 52.6 Å². The molecule has 0 bridgehead atoms. The van der Waals surface area contributed by atoms with Gasteiger partial charge in [0.1, 0.15) is 0 Å². The summed E-state index contributed by atoms with van der Waals surface area (Å²) in [5, 5.41) is 12.3. The molecule has 1 aromatic rings. The second-order valence-corrected chi connectivity index (χ2v) is 6.01. The van der Waals surface area contributed by atoms with Crippen molar-refractivity contribution in [3.8, 4) is 0 Å². The number of aromatic carboxylic acids is 1. The molecule has 1 saturated carbocycles. The highest BCUT2D eigenvalue weighted by molar-refractivity contribution is 5.87. The van der Waals surface area contributed by atoms with Crippen LogP contribution in [0.3, 0.4) is 0 Å². The Kier molecular flexibility index (Phi) is 4.03. The molecule has 1 unspecified atom stereocenters. The average molecular weight is 274 g/mol. The molecular formula is C16H22N2O2. The van der Waals surface area contributed by atoms with Gasteiger partial charge in [0.25, 0.3) is 0 Å². The highest BCUT2D eigenvalue weighted by atomic mass is 16.4. The number of hydrogen-bond donors (Lipinski definition) is 2. The minimum atomic E-state index is -0.865. The zero-order valence-corrected chi connectivity index (χ0v) is 11.7. The zero-order valence-electron chi connectivity index (χ0n) is 11.7. The van der Waals surface area contributed by atoms with Crippen LogP contribution in [0.15, 0.2) is 24.3 Å². The number of hydrogen-bond acceptors (Lipinski definition) is 3. The molecule has 4 nitrogen and oxygen atoms in total. The van der Waals surface area contributed by atoms with Crippen LogP contribution in [0.1, 0.15) is 35.2 Å². The first kappa shape index (κ1) is 13.6. The number of rotatable bonds is 6. The number of benzene rings is 1. The Bertz CT molecular complexity index is 468. The van der Waals surface area contributed by atoms with E-state index < -0.39 is 5.97 Å². The zero-order chi connectivity index (χ0) is 13.9. The van der Waals surface area contributed by atoms with Gasteiger partial charge in [-0.1, -0.05) is 12.1 Å². The summed E-state index contributed by atoms with van der Waals surface area (Å²) in [4.78, 5) is 13.4. The Labute approximate surface area is 119 Å². The predicted molar refractivity (Wildman–Crippen MR) is 77.8 cm³/mol. The number of nitrogens with one attached hydrogen (secondary N) is 1. The molecule has 4 heteroatoms. The van der Waals surface area contributed by atoms with Crippen LogP contribution in [0, 0.1) is 5.92 Å².